The Bertz CT molecular complexity index is 640. The highest BCUT2D eigenvalue weighted by Crippen LogP contribution is 2.17. The van der Waals surface area contributed by atoms with E-state index in [-0.39, 0.29) is 11.9 Å². The zero-order chi connectivity index (χ0) is 14.7. The molecule has 0 saturated heterocycles. The number of hydrogen-bond donors (Lipinski definition) is 2. The highest BCUT2D eigenvalue weighted by atomic mass is 16.5. The van der Waals surface area contributed by atoms with Crippen molar-refractivity contribution in [1.29, 1.82) is 0 Å². The molecule has 1 atom stereocenters. The van der Waals surface area contributed by atoms with E-state index < -0.39 is 0 Å². The Morgan fingerprint density at radius 1 is 1.29 bits per heavy atom. The minimum Gasteiger partial charge on any atom is -0.481 e. The molecule has 1 unspecified atom stereocenters. The molecular formula is C16H17N3O2. The smallest absolute Gasteiger partial charge is 0.241 e. The third-order valence-corrected chi connectivity index (χ3v) is 3.61. The zero-order valence-electron chi connectivity index (χ0n) is 11.8. The SMILES string of the molecule is COc1ccc(NC(=O)C2Cc3ccccc3CN2)cn1. The number of pyridine rings is 1. The number of nitrogens with one attached hydrogen (secondary N) is 2. The summed E-state index contributed by atoms with van der Waals surface area (Å²) in [4.78, 5) is 16.4. The first-order valence-electron chi connectivity index (χ1n) is 6.87. The first-order chi connectivity index (χ1) is 10.3. The summed E-state index contributed by atoms with van der Waals surface area (Å²) >= 11 is 0. The van der Waals surface area contributed by atoms with Gasteiger partial charge in [-0.3, -0.25) is 4.79 Å². The lowest BCUT2D eigenvalue weighted by atomic mass is 9.95. The molecule has 2 aromatic rings. The fraction of sp³-hybridized carbons (Fsp3) is 0.250. The summed E-state index contributed by atoms with van der Waals surface area (Å²) in [5, 5.41) is 6.13. The molecule has 2 heterocycles. The Morgan fingerprint density at radius 3 is 2.81 bits per heavy atom. The molecule has 1 aliphatic rings. The van der Waals surface area contributed by atoms with E-state index in [4.69, 9.17) is 4.74 Å². The van der Waals surface area contributed by atoms with Gasteiger partial charge in [0.15, 0.2) is 0 Å². The van der Waals surface area contributed by atoms with E-state index in [2.05, 4.69) is 27.8 Å². The quantitative estimate of drug-likeness (QED) is 0.900. The molecule has 5 nitrogen and oxygen atoms in total. The fourth-order valence-electron chi connectivity index (χ4n) is 2.44. The third kappa shape index (κ3) is 3.03. The molecule has 0 saturated carbocycles. The number of anilines is 1. The van der Waals surface area contributed by atoms with Crippen molar-refractivity contribution in [2.75, 3.05) is 12.4 Å². The summed E-state index contributed by atoms with van der Waals surface area (Å²) in [5.74, 6) is 0.481. The summed E-state index contributed by atoms with van der Waals surface area (Å²) in [6.45, 7) is 0.717. The molecule has 5 heteroatoms. The number of hydrogen-bond acceptors (Lipinski definition) is 4. The van der Waals surface area contributed by atoms with Crippen molar-refractivity contribution in [3.8, 4) is 5.88 Å². The molecular weight excluding hydrogens is 266 g/mol. The molecule has 1 amide bonds. The predicted octanol–water partition coefficient (Wildman–Crippen LogP) is 1.74. The van der Waals surface area contributed by atoms with Gasteiger partial charge in [0, 0.05) is 12.6 Å². The van der Waals surface area contributed by atoms with Crippen LogP contribution >= 0.6 is 0 Å². The Kier molecular flexibility index (Phi) is 3.83. The second-order valence-electron chi connectivity index (χ2n) is 4.98. The van der Waals surface area contributed by atoms with Crippen LogP contribution < -0.4 is 15.4 Å². The fourth-order valence-corrected chi connectivity index (χ4v) is 2.44. The van der Waals surface area contributed by atoms with Crippen molar-refractivity contribution in [3.63, 3.8) is 0 Å². The average Bonchev–Trinajstić information content (AvgIpc) is 2.55. The van der Waals surface area contributed by atoms with Crippen molar-refractivity contribution in [2.24, 2.45) is 0 Å². The normalized spacial score (nSPS) is 16.9. The number of fused-ring (bicyclic) bond motifs is 1. The van der Waals surface area contributed by atoms with Gasteiger partial charge >= 0.3 is 0 Å². The van der Waals surface area contributed by atoms with Gasteiger partial charge in [-0.1, -0.05) is 24.3 Å². The van der Waals surface area contributed by atoms with E-state index in [0.717, 1.165) is 6.54 Å². The summed E-state index contributed by atoms with van der Waals surface area (Å²) in [5.41, 5.74) is 3.15. The molecule has 0 fully saturated rings. The van der Waals surface area contributed by atoms with Crippen LogP contribution in [0.3, 0.4) is 0 Å². The van der Waals surface area contributed by atoms with Crippen LogP contribution in [-0.4, -0.2) is 24.0 Å². The first-order valence-corrected chi connectivity index (χ1v) is 6.87. The molecule has 108 valence electrons. The second kappa shape index (κ2) is 5.93. The molecule has 1 aromatic carbocycles. The second-order valence-corrected chi connectivity index (χ2v) is 4.98. The number of carbonyl (C=O) groups is 1. The van der Waals surface area contributed by atoms with Crippen LogP contribution in [0.5, 0.6) is 5.88 Å². The van der Waals surface area contributed by atoms with Crippen LogP contribution in [0.2, 0.25) is 0 Å². The first kappa shape index (κ1) is 13.6. The topological polar surface area (TPSA) is 63.2 Å². The van der Waals surface area contributed by atoms with Crippen molar-refractivity contribution >= 4 is 11.6 Å². The Hall–Kier alpha value is -2.40. The molecule has 0 radical (unpaired) electrons. The van der Waals surface area contributed by atoms with E-state index in [1.54, 1.807) is 25.4 Å². The van der Waals surface area contributed by atoms with Gasteiger partial charge < -0.3 is 15.4 Å². The zero-order valence-corrected chi connectivity index (χ0v) is 11.8. The lowest BCUT2D eigenvalue weighted by Crippen LogP contribution is -2.44. The number of ether oxygens (including phenoxy) is 1. The van der Waals surface area contributed by atoms with Gasteiger partial charge in [0.1, 0.15) is 0 Å². The van der Waals surface area contributed by atoms with Gasteiger partial charge in [-0.05, 0) is 23.6 Å². The summed E-state index contributed by atoms with van der Waals surface area (Å²) < 4.78 is 4.99. The lowest BCUT2D eigenvalue weighted by molar-refractivity contribution is -0.118. The number of carbonyl (C=O) groups excluding carboxylic acids is 1. The standard InChI is InChI=1S/C16H17N3O2/c1-21-15-7-6-13(10-18-15)19-16(20)14-8-11-4-2-3-5-12(11)9-17-14/h2-7,10,14,17H,8-9H2,1H3,(H,19,20). The summed E-state index contributed by atoms with van der Waals surface area (Å²) in [6.07, 6.45) is 2.29. The van der Waals surface area contributed by atoms with Gasteiger partial charge in [0.05, 0.1) is 25.0 Å². The van der Waals surface area contributed by atoms with Gasteiger partial charge in [-0.25, -0.2) is 4.98 Å². The van der Waals surface area contributed by atoms with Crippen LogP contribution in [-0.2, 0) is 17.8 Å². The Labute approximate surface area is 123 Å². The molecule has 1 aliphatic heterocycles. The van der Waals surface area contributed by atoms with Crippen LogP contribution in [0.1, 0.15) is 11.1 Å². The van der Waals surface area contributed by atoms with Crippen LogP contribution in [0.15, 0.2) is 42.6 Å². The molecule has 0 bridgehead atoms. The van der Waals surface area contributed by atoms with Crippen LogP contribution in [0.25, 0.3) is 0 Å². The summed E-state index contributed by atoms with van der Waals surface area (Å²) in [7, 11) is 1.56. The third-order valence-electron chi connectivity index (χ3n) is 3.61. The molecule has 2 N–H and O–H groups in total. The lowest BCUT2D eigenvalue weighted by Gasteiger charge is -2.25. The maximum Gasteiger partial charge on any atom is 0.241 e. The van der Waals surface area contributed by atoms with E-state index >= 15 is 0 Å². The van der Waals surface area contributed by atoms with Crippen molar-refractivity contribution < 1.29 is 9.53 Å². The minimum absolute atomic E-state index is 0.0449. The average molecular weight is 283 g/mol. The number of rotatable bonds is 3. The van der Waals surface area contributed by atoms with E-state index in [1.807, 2.05) is 12.1 Å². The van der Waals surface area contributed by atoms with Gasteiger partial charge in [-0.15, -0.1) is 0 Å². The maximum atomic E-state index is 12.3. The highest BCUT2D eigenvalue weighted by molar-refractivity contribution is 5.95. The van der Waals surface area contributed by atoms with Crippen LogP contribution in [0.4, 0.5) is 5.69 Å². The van der Waals surface area contributed by atoms with Crippen molar-refractivity contribution in [3.05, 3.63) is 53.7 Å². The molecule has 1 aromatic heterocycles. The number of benzene rings is 1. The number of aromatic nitrogens is 1. The monoisotopic (exact) mass is 283 g/mol. The Balaban J connectivity index is 1.66. The predicted molar refractivity (Wildman–Crippen MR) is 80.2 cm³/mol. The van der Waals surface area contributed by atoms with Crippen LogP contribution in [0, 0.1) is 0 Å². The van der Waals surface area contributed by atoms with Gasteiger partial charge in [-0.2, -0.15) is 0 Å². The molecule has 21 heavy (non-hydrogen) atoms. The Morgan fingerprint density at radius 2 is 2.10 bits per heavy atom. The summed E-state index contributed by atoms with van der Waals surface area (Å²) in [6, 6.07) is 11.5. The number of amides is 1. The highest BCUT2D eigenvalue weighted by Gasteiger charge is 2.23. The maximum absolute atomic E-state index is 12.3. The van der Waals surface area contributed by atoms with E-state index in [9.17, 15) is 4.79 Å². The van der Waals surface area contributed by atoms with Gasteiger partial charge in [0.25, 0.3) is 0 Å². The molecule has 3 rings (SSSR count). The number of methoxy groups -OCH3 is 1. The van der Waals surface area contributed by atoms with Crippen molar-refractivity contribution in [2.45, 2.75) is 19.0 Å². The number of nitrogens with zero attached hydrogens (tertiary/aromatic N) is 1. The molecule has 0 spiro atoms. The van der Waals surface area contributed by atoms with E-state index in [1.165, 1.54) is 11.1 Å². The van der Waals surface area contributed by atoms with Gasteiger partial charge in [0.2, 0.25) is 11.8 Å². The largest absolute Gasteiger partial charge is 0.481 e. The minimum atomic E-state index is -0.220. The molecule has 0 aliphatic carbocycles. The van der Waals surface area contributed by atoms with E-state index in [0.29, 0.717) is 18.0 Å². The van der Waals surface area contributed by atoms with Crippen molar-refractivity contribution in [1.82, 2.24) is 10.3 Å².